The Morgan fingerprint density at radius 3 is 2.77 bits per heavy atom. The lowest BCUT2D eigenvalue weighted by Crippen LogP contribution is -2.07. The molecule has 0 amide bonds. The lowest BCUT2D eigenvalue weighted by Gasteiger charge is -2.09. The van der Waals surface area contributed by atoms with E-state index in [1.54, 1.807) is 25.2 Å². The summed E-state index contributed by atoms with van der Waals surface area (Å²) in [7, 11) is 1.78. The molecule has 7 heteroatoms. The van der Waals surface area contributed by atoms with Gasteiger partial charge in [-0.2, -0.15) is 4.98 Å². The highest BCUT2D eigenvalue weighted by Gasteiger charge is 2.26. The van der Waals surface area contributed by atoms with Crippen molar-refractivity contribution >= 4 is 17.5 Å². The Labute approximate surface area is 127 Å². The maximum atomic E-state index is 11.0. The molecule has 2 N–H and O–H groups in total. The molecular weight excluding hydrogens is 282 g/mol. The van der Waals surface area contributed by atoms with E-state index < -0.39 is 0 Å². The normalized spacial score (nSPS) is 13.7. The average molecular weight is 299 g/mol. The molecule has 0 saturated heterocycles. The van der Waals surface area contributed by atoms with E-state index in [2.05, 4.69) is 20.6 Å². The van der Waals surface area contributed by atoms with Crippen LogP contribution in [0.15, 0.2) is 30.3 Å². The predicted octanol–water partition coefficient (Wildman–Crippen LogP) is 2.92. The number of anilines is 2. The smallest absolute Gasteiger partial charge is 0.274 e. The van der Waals surface area contributed by atoms with E-state index in [9.17, 15) is 10.1 Å². The summed E-state index contributed by atoms with van der Waals surface area (Å²) in [6.07, 6.45) is 2.31. The van der Waals surface area contributed by atoms with Crippen LogP contribution in [-0.2, 0) is 6.54 Å². The summed E-state index contributed by atoms with van der Waals surface area (Å²) in [5.41, 5.74) is 1.76. The SMILES string of the molecule is CNc1nc(NCc2ccccc2[N+](=O)[O-])cc(C2CC2)n1. The van der Waals surface area contributed by atoms with Crippen molar-refractivity contribution in [3.8, 4) is 0 Å². The Kier molecular flexibility index (Phi) is 3.86. The van der Waals surface area contributed by atoms with Crippen LogP contribution in [0.5, 0.6) is 0 Å². The third-order valence-electron chi connectivity index (χ3n) is 3.61. The summed E-state index contributed by atoms with van der Waals surface area (Å²) in [6.45, 7) is 0.349. The first-order valence-electron chi connectivity index (χ1n) is 7.20. The van der Waals surface area contributed by atoms with Gasteiger partial charge in [-0.3, -0.25) is 10.1 Å². The predicted molar refractivity (Wildman–Crippen MR) is 84.0 cm³/mol. The number of hydrogen-bond acceptors (Lipinski definition) is 6. The van der Waals surface area contributed by atoms with Crippen molar-refractivity contribution in [2.45, 2.75) is 25.3 Å². The van der Waals surface area contributed by atoms with Crippen molar-refractivity contribution in [2.75, 3.05) is 17.7 Å². The molecule has 1 aliphatic carbocycles. The zero-order valence-corrected chi connectivity index (χ0v) is 12.2. The quantitative estimate of drug-likeness (QED) is 0.629. The molecule has 1 saturated carbocycles. The van der Waals surface area contributed by atoms with Crippen LogP contribution in [0.2, 0.25) is 0 Å². The second kappa shape index (κ2) is 5.97. The molecule has 0 spiro atoms. The molecular formula is C15H17N5O2. The molecule has 1 aromatic heterocycles. The summed E-state index contributed by atoms with van der Waals surface area (Å²) >= 11 is 0. The molecule has 7 nitrogen and oxygen atoms in total. The summed E-state index contributed by atoms with van der Waals surface area (Å²) in [4.78, 5) is 19.5. The summed E-state index contributed by atoms with van der Waals surface area (Å²) in [6, 6.07) is 8.63. The Morgan fingerprint density at radius 1 is 1.32 bits per heavy atom. The fourth-order valence-electron chi connectivity index (χ4n) is 2.28. The van der Waals surface area contributed by atoms with E-state index in [0.29, 0.717) is 29.8 Å². The summed E-state index contributed by atoms with van der Waals surface area (Å²) in [5.74, 6) is 1.76. The molecule has 0 atom stereocenters. The number of nitrogens with one attached hydrogen (secondary N) is 2. The minimum Gasteiger partial charge on any atom is -0.366 e. The van der Waals surface area contributed by atoms with Crippen LogP contribution >= 0.6 is 0 Å². The van der Waals surface area contributed by atoms with Gasteiger partial charge < -0.3 is 10.6 Å². The van der Waals surface area contributed by atoms with Crippen molar-refractivity contribution in [3.05, 3.63) is 51.7 Å². The number of nitrogens with zero attached hydrogens (tertiary/aromatic N) is 3. The summed E-state index contributed by atoms with van der Waals surface area (Å²) < 4.78 is 0. The van der Waals surface area contributed by atoms with Gasteiger partial charge in [0.05, 0.1) is 10.6 Å². The third kappa shape index (κ3) is 3.13. The first-order valence-corrected chi connectivity index (χ1v) is 7.20. The van der Waals surface area contributed by atoms with Crippen molar-refractivity contribution in [2.24, 2.45) is 0 Å². The molecule has 0 radical (unpaired) electrons. The van der Waals surface area contributed by atoms with Crippen LogP contribution in [0.3, 0.4) is 0 Å². The van der Waals surface area contributed by atoms with Crippen LogP contribution in [0.25, 0.3) is 0 Å². The highest BCUT2D eigenvalue weighted by atomic mass is 16.6. The number of rotatable bonds is 6. The molecule has 114 valence electrons. The number of hydrogen-bond donors (Lipinski definition) is 2. The molecule has 0 aliphatic heterocycles. The molecule has 22 heavy (non-hydrogen) atoms. The van der Waals surface area contributed by atoms with E-state index in [1.807, 2.05) is 6.07 Å². The highest BCUT2D eigenvalue weighted by molar-refractivity contribution is 5.47. The fraction of sp³-hybridized carbons (Fsp3) is 0.333. The van der Waals surface area contributed by atoms with Gasteiger partial charge in [-0.25, -0.2) is 4.98 Å². The Balaban J connectivity index is 1.79. The molecule has 1 aromatic carbocycles. The van der Waals surface area contributed by atoms with Crippen LogP contribution in [0, 0.1) is 10.1 Å². The number of nitro benzene ring substituents is 1. The first-order chi connectivity index (χ1) is 10.7. The standard InChI is InChI=1S/C15H17N5O2/c1-16-15-18-12(10-6-7-10)8-14(19-15)17-9-11-4-2-3-5-13(11)20(21)22/h2-5,8,10H,6-7,9H2,1H3,(H2,16,17,18,19). The minimum atomic E-state index is -0.369. The fourth-order valence-corrected chi connectivity index (χ4v) is 2.28. The van der Waals surface area contributed by atoms with Crippen LogP contribution < -0.4 is 10.6 Å². The average Bonchev–Trinajstić information content (AvgIpc) is 3.37. The lowest BCUT2D eigenvalue weighted by atomic mass is 10.2. The van der Waals surface area contributed by atoms with Crippen molar-refractivity contribution < 1.29 is 4.92 Å². The summed E-state index contributed by atoms with van der Waals surface area (Å²) in [5, 5.41) is 17.1. The number of nitro groups is 1. The van der Waals surface area contributed by atoms with Crippen LogP contribution in [0.1, 0.15) is 30.0 Å². The molecule has 2 aromatic rings. The number of aromatic nitrogens is 2. The van der Waals surface area contributed by atoms with Crippen LogP contribution in [-0.4, -0.2) is 21.9 Å². The van der Waals surface area contributed by atoms with Gasteiger partial charge in [0.15, 0.2) is 0 Å². The van der Waals surface area contributed by atoms with Gasteiger partial charge in [-0.15, -0.1) is 0 Å². The van der Waals surface area contributed by atoms with E-state index in [0.717, 1.165) is 18.5 Å². The lowest BCUT2D eigenvalue weighted by molar-refractivity contribution is -0.385. The molecule has 1 heterocycles. The Morgan fingerprint density at radius 2 is 2.09 bits per heavy atom. The molecule has 1 aliphatic rings. The Hall–Kier alpha value is -2.70. The minimum absolute atomic E-state index is 0.111. The highest BCUT2D eigenvalue weighted by Crippen LogP contribution is 2.39. The van der Waals surface area contributed by atoms with Gasteiger partial charge in [0, 0.05) is 37.2 Å². The van der Waals surface area contributed by atoms with Crippen molar-refractivity contribution in [1.29, 1.82) is 0 Å². The van der Waals surface area contributed by atoms with E-state index in [1.165, 1.54) is 6.07 Å². The van der Waals surface area contributed by atoms with E-state index in [-0.39, 0.29) is 10.6 Å². The third-order valence-corrected chi connectivity index (χ3v) is 3.61. The zero-order chi connectivity index (χ0) is 15.5. The van der Waals surface area contributed by atoms with E-state index in [4.69, 9.17) is 0 Å². The molecule has 0 bridgehead atoms. The van der Waals surface area contributed by atoms with Gasteiger partial charge in [0.1, 0.15) is 5.82 Å². The second-order valence-electron chi connectivity index (χ2n) is 5.27. The number of para-hydroxylation sites is 1. The van der Waals surface area contributed by atoms with Gasteiger partial charge in [-0.1, -0.05) is 18.2 Å². The maximum absolute atomic E-state index is 11.0. The van der Waals surface area contributed by atoms with E-state index >= 15 is 0 Å². The molecule has 3 rings (SSSR count). The topological polar surface area (TPSA) is 93.0 Å². The van der Waals surface area contributed by atoms with Crippen LogP contribution in [0.4, 0.5) is 17.5 Å². The Bertz CT molecular complexity index is 700. The molecule has 0 unspecified atom stereocenters. The van der Waals surface area contributed by atoms with Gasteiger partial charge in [0.25, 0.3) is 5.69 Å². The monoisotopic (exact) mass is 299 g/mol. The van der Waals surface area contributed by atoms with Crippen molar-refractivity contribution in [3.63, 3.8) is 0 Å². The van der Waals surface area contributed by atoms with Crippen molar-refractivity contribution in [1.82, 2.24) is 9.97 Å². The number of benzene rings is 1. The second-order valence-corrected chi connectivity index (χ2v) is 5.27. The first kappa shape index (κ1) is 14.2. The van der Waals surface area contributed by atoms with Gasteiger partial charge in [0.2, 0.25) is 5.95 Å². The largest absolute Gasteiger partial charge is 0.366 e. The zero-order valence-electron chi connectivity index (χ0n) is 12.2. The van der Waals surface area contributed by atoms with Gasteiger partial charge in [-0.05, 0) is 12.8 Å². The van der Waals surface area contributed by atoms with Gasteiger partial charge >= 0.3 is 0 Å². The maximum Gasteiger partial charge on any atom is 0.274 e. The molecule has 1 fully saturated rings.